The molecule has 0 atom stereocenters. The van der Waals surface area contributed by atoms with E-state index >= 15 is 0 Å². The summed E-state index contributed by atoms with van der Waals surface area (Å²) >= 11 is 0. The van der Waals surface area contributed by atoms with E-state index in [2.05, 4.69) is 0 Å². The van der Waals surface area contributed by atoms with E-state index in [1.165, 1.54) is 12.1 Å². The lowest BCUT2D eigenvalue weighted by Crippen LogP contribution is -1.92. The average Bonchev–Trinajstić information content (AvgIpc) is 2.66. The highest BCUT2D eigenvalue weighted by molar-refractivity contribution is 5.95. The van der Waals surface area contributed by atoms with Gasteiger partial charge in [-0.1, -0.05) is 0 Å². The Balaban J connectivity index is 2.57. The van der Waals surface area contributed by atoms with Crippen molar-refractivity contribution in [3.63, 3.8) is 0 Å². The van der Waals surface area contributed by atoms with Crippen LogP contribution in [-0.4, -0.2) is 16.2 Å². The van der Waals surface area contributed by atoms with Crippen LogP contribution in [0.25, 0.3) is 0 Å². The summed E-state index contributed by atoms with van der Waals surface area (Å²) in [6.07, 6.45) is 0. The van der Waals surface area contributed by atoms with Crippen LogP contribution in [-0.2, 0) is 0 Å². The third-order valence-corrected chi connectivity index (χ3v) is 1.48. The van der Waals surface area contributed by atoms with Gasteiger partial charge in [0.05, 0.1) is 0 Å². The van der Waals surface area contributed by atoms with Crippen LogP contribution >= 0.6 is 0 Å². The first-order valence-corrected chi connectivity index (χ1v) is 2.97. The summed E-state index contributed by atoms with van der Waals surface area (Å²) in [6, 6.07) is 2.61. The lowest BCUT2D eigenvalue weighted by atomic mass is 10.2. The van der Waals surface area contributed by atoms with Crippen LogP contribution in [0.1, 0.15) is 10.4 Å². The van der Waals surface area contributed by atoms with Gasteiger partial charge in [0.1, 0.15) is 5.56 Å². The number of carbonyl (C=O) groups is 1. The van der Waals surface area contributed by atoms with E-state index < -0.39 is 5.97 Å². The molecule has 0 radical (unpaired) electrons. The van der Waals surface area contributed by atoms with E-state index in [4.69, 9.17) is 14.9 Å². The summed E-state index contributed by atoms with van der Waals surface area (Å²) in [5.41, 5.74) is 0.0952. The topological polar surface area (TPSA) is 70.1 Å². The molecule has 56 valence electrons. The molecule has 4 nitrogen and oxygen atoms in total. The van der Waals surface area contributed by atoms with Crippen molar-refractivity contribution in [2.75, 3.05) is 0 Å². The molecule has 0 spiro atoms. The number of rotatable bonds is 1. The Hall–Kier alpha value is -1.71. The molecule has 1 aromatic carbocycles. The Bertz CT molecular complexity index is 343. The summed E-state index contributed by atoms with van der Waals surface area (Å²) in [5.74, 6) is -0.494. The Kier molecular flexibility index (Phi) is 0.910. The maximum Gasteiger partial charge on any atom is 0.339 e. The fraction of sp³-hybridized carbons (Fsp3) is 0. The van der Waals surface area contributed by atoms with Crippen LogP contribution in [0.2, 0.25) is 0 Å². The highest BCUT2D eigenvalue weighted by atomic mass is 16.6. The van der Waals surface area contributed by atoms with Crippen molar-refractivity contribution in [3.8, 4) is 17.2 Å². The van der Waals surface area contributed by atoms with Crippen LogP contribution in [0.4, 0.5) is 0 Å². The number of hydrogen-bond donors (Lipinski definition) is 2. The number of aromatic hydroxyl groups is 1. The van der Waals surface area contributed by atoms with Gasteiger partial charge < -0.3 is 14.9 Å². The number of carboxylic acid groups (broad SMARTS) is 1. The van der Waals surface area contributed by atoms with Crippen LogP contribution in [0.3, 0.4) is 0 Å². The van der Waals surface area contributed by atoms with E-state index in [1.54, 1.807) is 0 Å². The first-order chi connectivity index (χ1) is 5.20. The molecule has 0 unspecified atom stereocenters. The number of phenolic OH excluding ortho intramolecular Hbond substituents is 1. The molecule has 0 aromatic heterocycles. The third kappa shape index (κ3) is 0.724. The number of fused-ring (bicyclic) bond motifs is 1. The summed E-state index contributed by atoms with van der Waals surface area (Å²) in [4.78, 5) is 10.4. The van der Waals surface area contributed by atoms with E-state index in [0.717, 1.165) is 0 Å². The summed E-state index contributed by atoms with van der Waals surface area (Å²) in [5, 5.41) is 17.5. The van der Waals surface area contributed by atoms with Gasteiger partial charge in [0.25, 0.3) is 0 Å². The van der Waals surface area contributed by atoms with Gasteiger partial charge in [-0.3, -0.25) is 0 Å². The number of carboxylic acids is 1. The smallest absolute Gasteiger partial charge is 0.339 e. The van der Waals surface area contributed by atoms with Gasteiger partial charge in [-0.2, -0.15) is 0 Å². The number of benzene rings is 1. The van der Waals surface area contributed by atoms with Crippen molar-refractivity contribution in [1.29, 1.82) is 0 Å². The molecule has 0 aliphatic carbocycles. The van der Waals surface area contributed by atoms with Gasteiger partial charge in [0, 0.05) is 0 Å². The van der Waals surface area contributed by atoms with Crippen molar-refractivity contribution >= 4 is 5.97 Å². The predicted octanol–water partition coefficient (Wildman–Crippen LogP) is 1.20. The van der Waals surface area contributed by atoms with E-state index in [1.807, 2.05) is 0 Å². The normalized spacial score (nSPS) is 11.6. The second kappa shape index (κ2) is 1.66. The highest BCUT2D eigenvalue weighted by Crippen LogP contribution is 2.54. The van der Waals surface area contributed by atoms with Gasteiger partial charge in [0.2, 0.25) is 5.75 Å². The first kappa shape index (κ1) is 6.03. The Labute approximate surface area is 61.7 Å². The molecule has 1 heterocycles. The molecule has 0 saturated heterocycles. The van der Waals surface area contributed by atoms with Crippen LogP contribution < -0.4 is 4.74 Å². The number of phenols is 1. The fourth-order valence-electron chi connectivity index (χ4n) is 0.904. The zero-order valence-corrected chi connectivity index (χ0v) is 5.37. The molecule has 0 fully saturated rings. The average molecular weight is 152 g/mol. The largest absolute Gasteiger partial charge is 0.504 e. The minimum atomic E-state index is -1.04. The molecule has 2 rings (SSSR count). The summed E-state index contributed by atoms with van der Waals surface area (Å²) < 4.78 is 4.73. The quantitative estimate of drug-likeness (QED) is 0.602. The minimum Gasteiger partial charge on any atom is -0.504 e. The monoisotopic (exact) mass is 152 g/mol. The lowest BCUT2D eigenvalue weighted by Gasteiger charge is -1.86. The molecule has 11 heavy (non-hydrogen) atoms. The van der Waals surface area contributed by atoms with Gasteiger partial charge in [-0.25, -0.2) is 4.79 Å². The third-order valence-electron chi connectivity index (χ3n) is 1.48. The molecule has 0 bridgehead atoms. The van der Waals surface area contributed by atoms with Crippen molar-refractivity contribution < 1.29 is 19.7 Å². The Morgan fingerprint density at radius 2 is 2.09 bits per heavy atom. The molecule has 1 aromatic rings. The zero-order valence-electron chi connectivity index (χ0n) is 5.37. The van der Waals surface area contributed by atoms with Crippen molar-refractivity contribution in [2.45, 2.75) is 0 Å². The first-order valence-electron chi connectivity index (χ1n) is 2.97. The van der Waals surface area contributed by atoms with Crippen molar-refractivity contribution in [3.05, 3.63) is 17.7 Å². The molecular formula is C7H4O4. The van der Waals surface area contributed by atoms with Crippen LogP contribution in [0, 0.1) is 0 Å². The number of hydrogen-bond acceptors (Lipinski definition) is 3. The molecule has 2 N–H and O–H groups in total. The Morgan fingerprint density at radius 1 is 1.36 bits per heavy atom. The highest BCUT2D eigenvalue weighted by Gasteiger charge is 2.31. The Morgan fingerprint density at radius 3 is 2.73 bits per heavy atom. The lowest BCUT2D eigenvalue weighted by molar-refractivity contribution is 0.0696. The maximum absolute atomic E-state index is 10.4. The van der Waals surface area contributed by atoms with Gasteiger partial charge in [-0.15, -0.1) is 0 Å². The summed E-state index contributed by atoms with van der Waals surface area (Å²) in [7, 11) is 0. The maximum atomic E-state index is 10.4. The van der Waals surface area contributed by atoms with Gasteiger partial charge >= 0.3 is 5.97 Å². The second-order valence-electron chi connectivity index (χ2n) is 2.20. The molecule has 1 aliphatic heterocycles. The van der Waals surface area contributed by atoms with Crippen LogP contribution in [0.15, 0.2) is 12.1 Å². The molecule has 0 amide bonds. The number of ether oxygens (including phenoxy) is 1. The van der Waals surface area contributed by atoms with E-state index in [-0.39, 0.29) is 22.8 Å². The van der Waals surface area contributed by atoms with Gasteiger partial charge in [-0.05, 0) is 12.1 Å². The molecule has 1 aliphatic rings. The number of aromatic carboxylic acids is 1. The minimum absolute atomic E-state index is 0.00926. The van der Waals surface area contributed by atoms with Crippen molar-refractivity contribution in [1.82, 2.24) is 0 Å². The van der Waals surface area contributed by atoms with Crippen molar-refractivity contribution in [2.24, 2.45) is 0 Å². The van der Waals surface area contributed by atoms with E-state index in [9.17, 15) is 4.79 Å². The van der Waals surface area contributed by atoms with Gasteiger partial charge in [0.15, 0.2) is 11.5 Å². The summed E-state index contributed by atoms with van der Waals surface area (Å²) in [6.45, 7) is 0. The zero-order chi connectivity index (χ0) is 8.01. The SMILES string of the molecule is O=C(O)c1ccc(O)c2c1O2. The second-order valence-corrected chi connectivity index (χ2v) is 2.20. The molecular weight excluding hydrogens is 148 g/mol. The molecule has 0 saturated carbocycles. The standard InChI is InChI=1S/C7H4O4/c8-4-2-1-3(7(9)10)5-6(4)11-5/h1-2,8H,(H,9,10). The fourth-order valence-corrected chi connectivity index (χ4v) is 0.904. The van der Waals surface area contributed by atoms with Crippen LogP contribution in [0.5, 0.6) is 17.2 Å². The molecule has 4 heteroatoms. The predicted molar refractivity (Wildman–Crippen MR) is 35.1 cm³/mol. The van der Waals surface area contributed by atoms with E-state index in [0.29, 0.717) is 0 Å².